The molecule has 1 aromatic rings. The van der Waals surface area contributed by atoms with E-state index in [1.165, 1.54) is 31.2 Å². The van der Waals surface area contributed by atoms with Crippen molar-refractivity contribution in [3.63, 3.8) is 0 Å². The molecular formula is C17H24O2. The van der Waals surface area contributed by atoms with Gasteiger partial charge in [-0.15, -0.1) is 0 Å². The fraction of sp³-hybridized carbons (Fsp3) is 0.647. The molecule has 0 amide bonds. The Morgan fingerprint density at radius 1 is 1.05 bits per heavy atom. The van der Waals surface area contributed by atoms with Crippen molar-refractivity contribution in [2.75, 3.05) is 27.4 Å². The Morgan fingerprint density at radius 3 is 2.47 bits per heavy atom. The molecule has 0 heterocycles. The lowest BCUT2D eigenvalue weighted by Crippen LogP contribution is -2.42. The Morgan fingerprint density at radius 2 is 1.74 bits per heavy atom. The van der Waals surface area contributed by atoms with Gasteiger partial charge in [0.15, 0.2) is 0 Å². The molecule has 2 heteroatoms. The van der Waals surface area contributed by atoms with Gasteiger partial charge in [-0.1, -0.05) is 37.1 Å². The lowest BCUT2D eigenvalue weighted by molar-refractivity contribution is 0.0180. The third-order valence-corrected chi connectivity index (χ3v) is 5.18. The topological polar surface area (TPSA) is 18.5 Å². The van der Waals surface area contributed by atoms with Gasteiger partial charge in [0, 0.05) is 19.6 Å². The van der Waals surface area contributed by atoms with Crippen molar-refractivity contribution in [3.05, 3.63) is 35.4 Å². The first-order valence-corrected chi connectivity index (χ1v) is 7.41. The average molecular weight is 260 g/mol. The number of hydrogen-bond donors (Lipinski definition) is 0. The van der Waals surface area contributed by atoms with Crippen LogP contribution in [0.25, 0.3) is 0 Å². The molecule has 2 nitrogen and oxygen atoms in total. The molecule has 3 rings (SSSR count). The van der Waals surface area contributed by atoms with Gasteiger partial charge in [0.05, 0.1) is 13.2 Å². The Kier molecular flexibility index (Phi) is 3.64. The summed E-state index contributed by atoms with van der Waals surface area (Å²) in [6.45, 7) is 1.55. The molecule has 2 atom stereocenters. The van der Waals surface area contributed by atoms with Crippen molar-refractivity contribution < 1.29 is 9.47 Å². The fourth-order valence-corrected chi connectivity index (χ4v) is 4.56. The van der Waals surface area contributed by atoms with Crippen LogP contribution in [0.2, 0.25) is 0 Å². The van der Waals surface area contributed by atoms with E-state index in [4.69, 9.17) is 9.47 Å². The number of benzene rings is 1. The lowest BCUT2D eigenvalue weighted by atomic mass is 9.68. The maximum atomic E-state index is 5.61. The summed E-state index contributed by atoms with van der Waals surface area (Å²) in [6.07, 6.45) is 5.36. The van der Waals surface area contributed by atoms with E-state index in [2.05, 4.69) is 24.3 Å². The van der Waals surface area contributed by atoms with Crippen molar-refractivity contribution in [1.82, 2.24) is 0 Å². The molecule has 1 saturated carbocycles. The molecule has 19 heavy (non-hydrogen) atoms. The summed E-state index contributed by atoms with van der Waals surface area (Å²) in [4.78, 5) is 0. The number of hydrogen-bond acceptors (Lipinski definition) is 2. The summed E-state index contributed by atoms with van der Waals surface area (Å²) in [5, 5.41) is 0. The molecule has 0 saturated heterocycles. The van der Waals surface area contributed by atoms with Gasteiger partial charge >= 0.3 is 0 Å². The van der Waals surface area contributed by atoms with Gasteiger partial charge in [0.2, 0.25) is 0 Å². The first-order valence-electron chi connectivity index (χ1n) is 7.41. The predicted molar refractivity (Wildman–Crippen MR) is 76.6 cm³/mol. The van der Waals surface area contributed by atoms with Gasteiger partial charge in [-0.2, -0.15) is 0 Å². The molecule has 0 aliphatic heterocycles. The van der Waals surface area contributed by atoms with Gasteiger partial charge < -0.3 is 9.47 Å². The summed E-state index contributed by atoms with van der Waals surface area (Å²) >= 11 is 0. The molecule has 2 aliphatic rings. The van der Waals surface area contributed by atoms with E-state index >= 15 is 0 Å². The lowest BCUT2D eigenvalue weighted by Gasteiger charge is -2.39. The Bertz CT molecular complexity index is 435. The summed E-state index contributed by atoms with van der Waals surface area (Å²) in [5.74, 6) is 1.41. The molecule has 0 bridgehead atoms. The van der Waals surface area contributed by atoms with Crippen molar-refractivity contribution in [2.45, 2.75) is 37.0 Å². The second kappa shape index (κ2) is 5.26. The zero-order valence-electron chi connectivity index (χ0n) is 12.0. The van der Waals surface area contributed by atoms with Crippen LogP contribution >= 0.6 is 0 Å². The predicted octanol–water partition coefficient (Wildman–Crippen LogP) is 3.50. The number of ether oxygens (including phenoxy) is 2. The van der Waals surface area contributed by atoms with Gasteiger partial charge in [0.25, 0.3) is 0 Å². The van der Waals surface area contributed by atoms with Crippen LogP contribution in [0.5, 0.6) is 0 Å². The Hall–Kier alpha value is -0.860. The quantitative estimate of drug-likeness (QED) is 0.825. The highest BCUT2D eigenvalue weighted by atomic mass is 16.5. The molecule has 1 fully saturated rings. The van der Waals surface area contributed by atoms with Crippen molar-refractivity contribution in [3.8, 4) is 0 Å². The highest BCUT2D eigenvalue weighted by molar-refractivity contribution is 5.45. The summed E-state index contributed by atoms with van der Waals surface area (Å²) in [5.41, 5.74) is 3.11. The number of rotatable bonds is 4. The molecule has 0 spiro atoms. The van der Waals surface area contributed by atoms with Crippen molar-refractivity contribution in [2.24, 2.45) is 5.92 Å². The van der Waals surface area contributed by atoms with Crippen molar-refractivity contribution in [1.29, 1.82) is 0 Å². The van der Waals surface area contributed by atoms with Crippen LogP contribution in [0.4, 0.5) is 0 Å². The van der Waals surface area contributed by atoms with E-state index in [0.29, 0.717) is 5.92 Å². The largest absolute Gasteiger partial charge is 0.384 e. The molecule has 104 valence electrons. The van der Waals surface area contributed by atoms with Crippen LogP contribution in [-0.4, -0.2) is 27.4 Å². The smallest absolute Gasteiger partial charge is 0.0584 e. The van der Waals surface area contributed by atoms with Gasteiger partial charge in [0.1, 0.15) is 0 Å². The van der Waals surface area contributed by atoms with Crippen LogP contribution in [0.1, 0.15) is 42.7 Å². The molecule has 0 unspecified atom stereocenters. The summed E-state index contributed by atoms with van der Waals surface area (Å²) < 4.78 is 11.2. The van der Waals surface area contributed by atoms with Gasteiger partial charge in [-0.25, -0.2) is 0 Å². The van der Waals surface area contributed by atoms with E-state index in [-0.39, 0.29) is 5.41 Å². The number of methoxy groups -OCH3 is 2. The molecule has 0 aromatic heterocycles. The second-order valence-corrected chi connectivity index (χ2v) is 6.11. The van der Waals surface area contributed by atoms with E-state index in [9.17, 15) is 0 Å². The van der Waals surface area contributed by atoms with E-state index in [1.807, 2.05) is 14.2 Å². The minimum atomic E-state index is 0.0746. The van der Waals surface area contributed by atoms with Crippen molar-refractivity contribution >= 4 is 0 Å². The summed E-state index contributed by atoms with van der Waals surface area (Å²) in [6, 6.07) is 8.97. The third-order valence-electron chi connectivity index (χ3n) is 5.18. The molecule has 0 radical (unpaired) electrons. The molecule has 1 aromatic carbocycles. The normalized spacial score (nSPS) is 27.9. The first kappa shape index (κ1) is 13.1. The minimum absolute atomic E-state index is 0.0746. The monoisotopic (exact) mass is 260 g/mol. The van der Waals surface area contributed by atoms with Crippen LogP contribution < -0.4 is 0 Å². The maximum absolute atomic E-state index is 5.61. The SMILES string of the molecule is COCC1(COC)c2ccccc2[C@H]2CCCC[C@H]21. The van der Waals surface area contributed by atoms with E-state index in [0.717, 1.165) is 19.1 Å². The zero-order chi connectivity index (χ0) is 13.3. The van der Waals surface area contributed by atoms with Crippen LogP contribution in [0, 0.1) is 5.92 Å². The maximum Gasteiger partial charge on any atom is 0.0584 e. The Labute approximate surface area is 116 Å². The number of fused-ring (bicyclic) bond motifs is 3. The van der Waals surface area contributed by atoms with Crippen LogP contribution in [-0.2, 0) is 14.9 Å². The molecule has 2 aliphatic carbocycles. The zero-order valence-corrected chi connectivity index (χ0v) is 12.0. The first-order chi connectivity index (χ1) is 9.33. The van der Waals surface area contributed by atoms with E-state index < -0.39 is 0 Å². The molecule has 0 N–H and O–H groups in total. The summed E-state index contributed by atoms with van der Waals surface area (Å²) in [7, 11) is 3.63. The standard InChI is InChI=1S/C17H24O2/c1-18-11-17(12-19-2)15-9-5-3-7-13(15)14-8-4-6-10-16(14)17/h3,5,7,9,14,16H,4,6,8,10-12H2,1-2H3/t14-,16-/m1/s1. The molecular weight excluding hydrogens is 236 g/mol. The minimum Gasteiger partial charge on any atom is -0.384 e. The van der Waals surface area contributed by atoms with E-state index in [1.54, 1.807) is 5.56 Å². The van der Waals surface area contributed by atoms with Crippen LogP contribution in [0.3, 0.4) is 0 Å². The highest BCUT2D eigenvalue weighted by Crippen LogP contribution is 2.56. The van der Waals surface area contributed by atoms with Gasteiger partial charge in [-0.05, 0) is 35.8 Å². The van der Waals surface area contributed by atoms with Gasteiger partial charge in [-0.3, -0.25) is 0 Å². The fourth-order valence-electron chi connectivity index (χ4n) is 4.56. The second-order valence-electron chi connectivity index (χ2n) is 6.11. The Balaban J connectivity index is 2.09. The third kappa shape index (κ3) is 1.93. The van der Waals surface area contributed by atoms with Crippen LogP contribution in [0.15, 0.2) is 24.3 Å². The highest BCUT2D eigenvalue weighted by Gasteiger charge is 2.52. The average Bonchev–Trinajstić information content (AvgIpc) is 2.72.